The molecular weight excluding hydrogens is 373 g/mol. The second-order valence-electron chi connectivity index (χ2n) is 4.61. The van der Waals surface area contributed by atoms with Crippen molar-refractivity contribution in [1.82, 2.24) is 0 Å². The molecule has 0 heterocycles. The molecule has 1 atom stereocenters. The summed E-state index contributed by atoms with van der Waals surface area (Å²) in [5.74, 6) is -0.208. The second-order valence-corrected chi connectivity index (χ2v) is 6.32. The summed E-state index contributed by atoms with van der Waals surface area (Å²) in [6.07, 6.45) is 0. The van der Waals surface area contributed by atoms with E-state index in [9.17, 15) is 4.39 Å². The van der Waals surface area contributed by atoms with E-state index in [0.717, 1.165) is 25.6 Å². The smallest absolute Gasteiger partial charge is 0.126 e. The van der Waals surface area contributed by atoms with Gasteiger partial charge >= 0.3 is 0 Å². The Balaban J connectivity index is 2.46. The lowest BCUT2D eigenvalue weighted by molar-refractivity contribution is 0.617. The van der Waals surface area contributed by atoms with Crippen LogP contribution in [0.15, 0.2) is 39.3 Å². The number of rotatable bonds is 2. The van der Waals surface area contributed by atoms with Crippen molar-refractivity contribution in [3.63, 3.8) is 0 Å². The highest BCUT2D eigenvalue weighted by Gasteiger charge is 2.15. The minimum atomic E-state index is -0.287. The SMILES string of the molecule is Cc1cc(C(N)c2cc(Br)c(C)cc2Br)ccc1F. The van der Waals surface area contributed by atoms with Crippen molar-refractivity contribution in [3.05, 3.63) is 67.3 Å². The molecule has 0 saturated heterocycles. The summed E-state index contributed by atoms with van der Waals surface area (Å²) in [7, 11) is 0. The molecule has 0 radical (unpaired) electrons. The zero-order valence-electron chi connectivity index (χ0n) is 10.7. The van der Waals surface area contributed by atoms with Crippen molar-refractivity contribution in [2.45, 2.75) is 19.9 Å². The van der Waals surface area contributed by atoms with Crippen LogP contribution in [0.2, 0.25) is 0 Å². The average molecular weight is 387 g/mol. The van der Waals surface area contributed by atoms with Gasteiger partial charge in [0, 0.05) is 8.95 Å². The Morgan fingerprint density at radius 1 is 1.00 bits per heavy atom. The van der Waals surface area contributed by atoms with E-state index in [4.69, 9.17) is 5.73 Å². The minimum absolute atomic E-state index is 0.208. The Bertz CT molecular complexity index is 626. The normalized spacial score (nSPS) is 12.5. The first kappa shape index (κ1) is 14.7. The van der Waals surface area contributed by atoms with Gasteiger partial charge in [-0.3, -0.25) is 0 Å². The number of hydrogen-bond acceptors (Lipinski definition) is 1. The molecule has 2 N–H and O–H groups in total. The summed E-state index contributed by atoms with van der Waals surface area (Å²) in [6.45, 7) is 3.76. The van der Waals surface area contributed by atoms with Crippen LogP contribution in [0.3, 0.4) is 0 Å². The Morgan fingerprint density at radius 3 is 2.32 bits per heavy atom. The van der Waals surface area contributed by atoms with E-state index in [1.165, 1.54) is 6.07 Å². The van der Waals surface area contributed by atoms with E-state index in [-0.39, 0.29) is 11.9 Å². The van der Waals surface area contributed by atoms with Crippen LogP contribution in [0.5, 0.6) is 0 Å². The lowest BCUT2D eigenvalue weighted by Gasteiger charge is -2.16. The number of hydrogen-bond donors (Lipinski definition) is 1. The van der Waals surface area contributed by atoms with Crippen molar-refractivity contribution >= 4 is 31.9 Å². The van der Waals surface area contributed by atoms with Crippen LogP contribution in [-0.4, -0.2) is 0 Å². The molecule has 100 valence electrons. The third-order valence-corrected chi connectivity index (χ3v) is 4.70. The maximum Gasteiger partial charge on any atom is 0.126 e. The highest BCUT2D eigenvalue weighted by Crippen LogP contribution is 2.32. The molecule has 0 amide bonds. The number of benzene rings is 2. The highest BCUT2D eigenvalue weighted by molar-refractivity contribution is 9.11. The molecule has 0 saturated carbocycles. The van der Waals surface area contributed by atoms with Gasteiger partial charge in [-0.05, 0) is 54.3 Å². The Hall–Kier alpha value is -0.710. The second kappa shape index (κ2) is 5.73. The van der Waals surface area contributed by atoms with Gasteiger partial charge in [-0.1, -0.05) is 44.0 Å². The fourth-order valence-corrected chi connectivity index (χ4v) is 3.01. The molecule has 0 aliphatic carbocycles. The molecular formula is C15H14Br2FN. The monoisotopic (exact) mass is 385 g/mol. The maximum absolute atomic E-state index is 13.3. The molecule has 0 spiro atoms. The van der Waals surface area contributed by atoms with Crippen molar-refractivity contribution < 1.29 is 4.39 Å². The highest BCUT2D eigenvalue weighted by atomic mass is 79.9. The van der Waals surface area contributed by atoms with Gasteiger partial charge in [-0.2, -0.15) is 0 Å². The van der Waals surface area contributed by atoms with Crippen LogP contribution in [0.1, 0.15) is 28.3 Å². The van der Waals surface area contributed by atoms with Gasteiger partial charge in [0.25, 0.3) is 0 Å². The van der Waals surface area contributed by atoms with Crippen molar-refractivity contribution in [2.24, 2.45) is 5.73 Å². The van der Waals surface area contributed by atoms with E-state index >= 15 is 0 Å². The Labute approximate surface area is 129 Å². The molecule has 0 aromatic heterocycles. The van der Waals surface area contributed by atoms with Gasteiger partial charge in [-0.15, -0.1) is 0 Å². The molecule has 2 aromatic carbocycles. The van der Waals surface area contributed by atoms with E-state index in [1.807, 2.05) is 19.1 Å². The van der Waals surface area contributed by atoms with Crippen LogP contribution in [0.25, 0.3) is 0 Å². The summed E-state index contributed by atoms with van der Waals surface area (Å²) < 4.78 is 15.3. The first-order valence-corrected chi connectivity index (χ1v) is 7.46. The van der Waals surface area contributed by atoms with Gasteiger partial charge in [0.2, 0.25) is 0 Å². The molecule has 1 unspecified atom stereocenters. The molecule has 0 fully saturated rings. The third kappa shape index (κ3) is 3.07. The zero-order chi connectivity index (χ0) is 14.2. The maximum atomic E-state index is 13.3. The predicted molar refractivity (Wildman–Crippen MR) is 83.7 cm³/mol. The Kier molecular flexibility index (Phi) is 4.43. The summed E-state index contributed by atoms with van der Waals surface area (Å²) in [4.78, 5) is 0. The topological polar surface area (TPSA) is 26.0 Å². The lowest BCUT2D eigenvalue weighted by atomic mass is 9.97. The van der Waals surface area contributed by atoms with Crippen molar-refractivity contribution in [3.8, 4) is 0 Å². The first-order chi connectivity index (χ1) is 8.90. The molecule has 1 nitrogen and oxygen atoms in total. The number of nitrogens with two attached hydrogens (primary N) is 1. The van der Waals surface area contributed by atoms with Crippen LogP contribution < -0.4 is 5.73 Å². The zero-order valence-corrected chi connectivity index (χ0v) is 13.8. The van der Waals surface area contributed by atoms with Crippen LogP contribution >= 0.6 is 31.9 Å². The fraction of sp³-hybridized carbons (Fsp3) is 0.200. The minimum Gasteiger partial charge on any atom is -0.320 e. The summed E-state index contributed by atoms with van der Waals surface area (Å²) in [5, 5.41) is 0. The van der Waals surface area contributed by atoms with Crippen molar-refractivity contribution in [2.75, 3.05) is 0 Å². The van der Waals surface area contributed by atoms with Gasteiger partial charge in [-0.25, -0.2) is 4.39 Å². The van der Waals surface area contributed by atoms with E-state index in [0.29, 0.717) is 5.56 Å². The van der Waals surface area contributed by atoms with E-state index in [1.54, 1.807) is 19.1 Å². The van der Waals surface area contributed by atoms with Crippen LogP contribution in [0.4, 0.5) is 4.39 Å². The van der Waals surface area contributed by atoms with Gasteiger partial charge in [0.05, 0.1) is 6.04 Å². The van der Waals surface area contributed by atoms with Gasteiger partial charge in [0.1, 0.15) is 5.82 Å². The van der Waals surface area contributed by atoms with Crippen LogP contribution in [-0.2, 0) is 0 Å². The molecule has 0 aliphatic heterocycles. The van der Waals surface area contributed by atoms with E-state index in [2.05, 4.69) is 31.9 Å². The van der Waals surface area contributed by atoms with Crippen molar-refractivity contribution in [1.29, 1.82) is 0 Å². The lowest BCUT2D eigenvalue weighted by Crippen LogP contribution is -2.13. The largest absolute Gasteiger partial charge is 0.320 e. The average Bonchev–Trinajstić information content (AvgIpc) is 2.36. The summed E-state index contributed by atoms with van der Waals surface area (Å²) in [5.41, 5.74) is 9.90. The quantitative estimate of drug-likeness (QED) is 0.770. The number of halogens is 3. The molecule has 2 rings (SSSR count). The fourth-order valence-electron chi connectivity index (χ4n) is 1.94. The standard InChI is InChI=1S/C15H14Br2FN/c1-8-6-13(17)11(7-12(8)16)15(19)10-3-4-14(18)9(2)5-10/h3-7,15H,19H2,1-2H3. The molecule has 19 heavy (non-hydrogen) atoms. The van der Waals surface area contributed by atoms with Crippen LogP contribution in [0, 0.1) is 19.7 Å². The first-order valence-electron chi connectivity index (χ1n) is 5.87. The molecule has 4 heteroatoms. The molecule has 0 bridgehead atoms. The predicted octanol–water partition coefficient (Wildman–Crippen LogP) is 5.02. The van der Waals surface area contributed by atoms with Gasteiger partial charge < -0.3 is 5.73 Å². The Morgan fingerprint density at radius 2 is 1.68 bits per heavy atom. The summed E-state index contributed by atoms with van der Waals surface area (Å²) >= 11 is 7.05. The summed E-state index contributed by atoms with van der Waals surface area (Å²) in [6, 6.07) is 8.72. The molecule has 0 aliphatic rings. The number of aryl methyl sites for hydroxylation is 2. The molecule has 2 aromatic rings. The van der Waals surface area contributed by atoms with E-state index < -0.39 is 0 Å². The van der Waals surface area contributed by atoms with Gasteiger partial charge in [0.15, 0.2) is 0 Å². The third-order valence-electron chi connectivity index (χ3n) is 3.15.